The van der Waals surface area contributed by atoms with Crippen molar-refractivity contribution >= 4 is 11.5 Å². The Morgan fingerprint density at radius 2 is 1.80 bits per heavy atom. The zero-order valence-corrected chi connectivity index (χ0v) is 15.1. The fraction of sp³-hybridized carbons (Fsp3) is 0.250. The third-order valence-corrected chi connectivity index (χ3v) is 4.00. The molecule has 0 atom stereocenters. The van der Waals surface area contributed by atoms with Crippen molar-refractivity contribution in [2.75, 3.05) is 30.9 Å². The van der Waals surface area contributed by atoms with E-state index >= 15 is 0 Å². The molecular formula is C20H23N5. The van der Waals surface area contributed by atoms with E-state index in [-0.39, 0.29) is 0 Å². The first-order valence-corrected chi connectivity index (χ1v) is 8.26. The molecule has 5 nitrogen and oxygen atoms in total. The van der Waals surface area contributed by atoms with Crippen LogP contribution in [0.3, 0.4) is 0 Å². The smallest absolute Gasteiger partial charge is 0.163 e. The summed E-state index contributed by atoms with van der Waals surface area (Å²) in [6.07, 6.45) is 3.54. The zero-order valence-electron chi connectivity index (χ0n) is 15.1. The Labute approximate surface area is 149 Å². The van der Waals surface area contributed by atoms with Crippen LogP contribution < -0.4 is 9.80 Å². The van der Waals surface area contributed by atoms with Crippen LogP contribution in [0.1, 0.15) is 11.3 Å². The zero-order chi connectivity index (χ0) is 17.8. The molecule has 0 saturated carbocycles. The number of hydrogen-bond donors (Lipinski definition) is 0. The summed E-state index contributed by atoms with van der Waals surface area (Å²) in [5.74, 6) is 1.61. The summed E-state index contributed by atoms with van der Waals surface area (Å²) in [6.45, 7) is 2.77. The number of rotatable bonds is 5. The second kappa shape index (κ2) is 7.30. The number of aromatic nitrogens is 3. The maximum absolute atomic E-state index is 4.72. The molecule has 0 bridgehead atoms. The summed E-state index contributed by atoms with van der Waals surface area (Å²) in [5.41, 5.74) is 4.31. The normalized spacial score (nSPS) is 10.6. The SMILES string of the molecule is Cc1cc(N(C)Cc2cccc(N(C)C)c2)nc(-c2cccnc2)n1. The van der Waals surface area contributed by atoms with Crippen LogP contribution in [0, 0.1) is 6.92 Å². The van der Waals surface area contributed by atoms with Gasteiger partial charge in [0, 0.05) is 63.1 Å². The van der Waals surface area contributed by atoms with Gasteiger partial charge in [0.15, 0.2) is 5.82 Å². The molecule has 2 heterocycles. The quantitative estimate of drug-likeness (QED) is 0.714. The molecule has 0 unspecified atom stereocenters. The van der Waals surface area contributed by atoms with Gasteiger partial charge in [-0.1, -0.05) is 12.1 Å². The molecule has 1 aromatic carbocycles. The van der Waals surface area contributed by atoms with Gasteiger partial charge < -0.3 is 9.80 Å². The Kier molecular flexibility index (Phi) is 4.93. The number of nitrogens with zero attached hydrogens (tertiary/aromatic N) is 5. The number of anilines is 2. The molecule has 0 spiro atoms. The van der Waals surface area contributed by atoms with Gasteiger partial charge in [0.2, 0.25) is 0 Å². The van der Waals surface area contributed by atoms with Gasteiger partial charge in [-0.05, 0) is 36.8 Å². The Morgan fingerprint density at radius 3 is 2.52 bits per heavy atom. The minimum absolute atomic E-state index is 0.706. The van der Waals surface area contributed by atoms with Gasteiger partial charge >= 0.3 is 0 Å². The highest BCUT2D eigenvalue weighted by atomic mass is 15.2. The van der Waals surface area contributed by atoms with E-state index in [1.807, 2.05) is 25.1 Å². The third-order valence-electron chi connectivity index (χ3n) is 4.00. The molecule has 0 radical (unpaired) electrons. The van der Waals surface area contributed by atoms with E-state index in [0.29, 0.717) is 5.82 Å². The van der Waals surface area contributed by atoms with E-state index in [9.17, 15) is 0 Å². The fourth-order valence-electron chi connectivity index (χ4n) is 2.66. The van der Waals surface area contributed by atoms with Crippen LogP contribution in [-0.4, -0.2) is 36.1 Å². The Balaban J connectivity index is 1.86. The summed E-state index contributed by atoms with van der Waals surface area (Å²) in [6, 6.07) is 14.4. The van der Waals surface area contributed by atoms with Gasteiger partial charge in [-0.3, -0.25) is 4.98 Å². The molecular weight excluding hydrogens is 310 g/mol. The van der Waals surface area contributed by atoms with Crippen molar-refractivity contribution < 1.29 is 0 Å². The number of benzene rings is 1. The number of aryl methyl sites for hydroxylation is 1. The van der Waals surface area contributed by atoms with E-state index in [1.54, 1.807) is 12.4 Å². The van der Waals surface area contributed by atoms with Gasteiger partial charge in [-0.2, -0.15) is 0 Å². The summed E-state index contributed by atoms with van der Waals surface area (Å²) in [5, 5.41) is 0. The van der Waals surface area contributed by atoms with Crippen molar-refractivity contribution in [1.29, 1.82) is 0 Å². The molecule has 0 saturated heterocycles. The minimum Gasteiger partial charge on any atom is -0.378 e. The van der Waals surface area contributed by atoms with E-state index in [0.717, 1.165) is 23.6 Å². The monoisotopic (exact) mass is 333 g/mol. The molecule has 0 N–H and O–H groups in total. The van der Waals surface area contributed by atoms with Crippen LogP contribution >= 0.6 is 0 Å². The Morgan fingerprint density at radius 1 is 0.960 bits per heavy atom. The average Bonchev–Trinajstić information content (AvgIpc) is 2.62. The third kappa shape index (κ3) is 4.12. The lowest BCUT2D eigenvalue weighted by atomic mass is 10.2. The average molecular weight is 333 g/mol. The summed E-state index contributed by atoms with van der Waals surface area (Å²) >= 11 is 0. The molecule has 3 aromatic rings. The lowest BCUT2D eigenvalue weighted by molar-refractivity contribution is 0.887. The molecule has 5 heteroatoms. The van der Waals surface area contributed by atoms with E-state index in [2.05, 4.69) is 65.2 Å². The van der Waals surface area contributed by atoms with E-state index in [4.69, 9.17) is 4.98 Å². The van der Waals surface area contributed by atoms with Crippen LogP contribution in [0.25, 0.3) is 11.4 Å². The van der Waals surface area contributed by atoms with Gasteiger partial charge in [0.1, 0.15) is 5.82 Å². The molecule has 2 aromatic heterocycles. The van der Waals surface area contributed by atoms with Crippen LogP contribution in [0.5, 0.6) is 0 Å². The highest BCUT2D eigenvalue weighted by Crippen LogP contribution is 2.21. The van der Waals surface area contributed by atoms with Crippen LogP contribution in [0.15, 0.2) is 54.9 Å². The molecule has 25 heavy (non-hydrogen) atoms. The standard InChI is InChI=1S/C20H23N5/c1-15-11-19(23-20(22-15)17-8-6-10-21-13-17)25(4)14-16-7-5-9-18(12-16)24(2)3/h5-13H,14H2,1-4H3. The van der Waals surface area contributed by atoms with Crippen molar-refractivity contribution in [2.24, 2.45) is 0 Å². The second-order valence-corrected chi connectivity index (χ2v) is 6.35. The molecule has 128 valence electrons. The van der Waals surface area contributed by atoms with Gasteiger partial charge in [0.05, 0.1) is 0 Å². The van der Waals surface area contributed by atoms with Crippen molar-refractivity contribution in [2.45, 2.75) is 13.5 Å². The highest BCUT2D eigenvalue weighted by molar-refractivity contribution is 5.57. The summed E-state index contributed by atoms with van der Waals surface area (Å²) in [4.78, 5) is 17.7. The highest BCUT2D eigenvalue weighted by Gasteiger charge is 2.10. The summed E-state index contributed by atoms with van der Waals surface area (Å²) < 4.78 is 0. The lowest BCUT2D eigenvalue weighted by Gasteiger charge is -2.20. The van der Waals surface area contributed by atoms with E-state index in [1.165, 1.54) is 11.3 Å². The minimum atomic E-state index is 0.706. The van der Waals surface area contributed by atoms with Crippen molar-refractivity contribution in [1.82, 2.24) is 15.0 Å². The fourth-order valence-corrected chi connectivity index (χ4v) is 2.66. The predicted octanol–water partition coefficient (Wildman–Crippen LogP) is 3.55. The van der Waals surface area contributed by atoms with Crippen LogP contribution in [0.2, 0.25) is 0 Å². The topological polar surface area (TPSA) is 45.2 Å². The number of hydrogen-bond acceptors (Lipinski definition) is 5. The molecule has 0 aliphatic carbocycles. The first-order valence-electron chi connectivity index (χ1n) is 8.26. The largest absolute Gasteiger partial charge is 0.378 e. The lowest BCUT2D eigenvalue weighted by Crippen LogP contribution is -2.19. The Bertz CT molecular complexity index is 846. The first-order chi connectivity index (χ1) is 12.0. The molecule has 0 aliphatic rings. The molecule has 0 amide bonds. The van der Waals surface area contributed by atoms with Crippen molar-refractivity contribution in [3.05, 3.63) is 66.1 Å². The van der Waals surface area contributed by atoms with Gasteiger partial charge in [-0.25, -0.2) is 9.97 Å². The summed E-state index contributed by atoms with van der Waals surface area (Å²) in [7, 11) is 6.16. The molecule has 0 aliphatic heterocycles. The maximum Gasteiger partial charge on any atom is 0.163 e. The van der Waals surface area contributed by atoms with Gasteiger partial charge in [0.25, 0.3) is 0 Å². The first kappa shape index (κ1) is 16.9. The number of pyridine rings is 1. The Hall–Kier alpha value is -2.95. The molecule has 0 fully saturated rings. The van der Waals surface area contributed by atoms with Crippen LogP contribution in [0.4, 0.5) is 11.5 Å². The second-order valence-electron chi connectivity index (χ2n) is 6.35. The maximum atomic E-state index is 4.72. The van der Waals surface area contributed by atoms with Crippen molar-refractivity contribution in [3.63, 3.8) is 0 Å². The van der Waals surface area contributed by atoms with Gasteiger partial charge in [-0.15, -0.1) is 0 Å². The molecule has 3 rings (SSSR count). The van der Waals surface area contributed by atoms with Crippen molar-refractivity contribution in [3.8, 4) is 11.4 Å². The van der Waals surface area contributed by atoms with E-state index < -0.39 is 0 Å². The van der Waals surface area contributed by atoms with Crippen LogP contribution in [-0.2, 0) is 6.54 Å². The predicted molar refractivity (Wildman–Crippen MR) is 103 cm³/mol.